The average molecular weight is 382 g/mol. The van der Waals surface area contributed by atoms with E-state index in [1.807, 2.05) is 29.4 Å². The molecule has 24 heavy (non-hydrogen) atoms. The number of rotatable bonds is 3. The van der Waals surface area contributed by atoms with Crippen LogP contribution in [0.2, 0.25) is 0 Å². The molecule has 4 rings (SSSR count). The van der Waals surface area contributed by atoms with Crippen LogP contribution in [0, 0.1) is 0 Å². The highest BCUT2D eigenvalue weighted by Crippen LogP contribution is 2.27. The Morgan fingerprint density at radius 1 is 1.21 bits per heavy atom. The molecule has 0 saturated heterocycles. The number of aromatic nitrogens is 1. The maximum atomic E-state index is 4.74. The van der Waals surface area contributed by atoms with E-state index in [1.165, 1.54) is 5.56 Å². The lowest BCUT2D eigenvalue weighted by Crippen LogP contribution is -2.41. The summed E-state index contributed by atoms with van der Waals surface area (Å²) in [6, 6.07) is 4.01. The number of nitrogens with one attached hydrogen (secondary N) is 2. The topological polar surface area (TPSA) is 52.6 Å². The number of allylic oxidation sites excluding steroid dienone is 6. The van der Waals surface area contributed by atoms with Crippen LogP contribution in [-0.4, -0.2) is 15.8 Å². The molecule has 3 aliphatic rings. The van der Waals surface area contributed by atoms with Crippen molar-refractivity contribution in [2.24, 2.45) is 4.99 Å². The second-order valence-electron chi connectivity index (χ2n) is 5.54. The van der Waals surface area contributed by atoms with E-state index in [9.17, 15) is 0 Å². The lowest BCUT2D eigenvalue weighted by atomic mass is 10.1. The number of fused-ring (bicyclic) bond motifs is 1. The van der Waals surface area contributed by atoms with Crippen molar-refractivity contribution >= 4 is 21.8 Å². The Hall–Kier alpha value is -2.60. The van der Waals surface area contributed by atoms with E-state index in [0.717, 1.165) is 40.4 Å². The molecular formula is C18H16BrN5. The van der Waals surface area contributed by atoms with Gasteiger partial charge in [0.1, 0.15) is 5.82 Å². The van der Waals surface area contributed by atoms with Crippen LogP contribution < -0.4 is 10.7 Å². The van der Waals surface area contributed by atoms with E-state index in [0.29, 0.717) is 0 Å². The number of pyridine rings is 1. The van der Waals surface area contributed by atoms with Crippen LogP contribution in [0.15, 0.2) is 87.7 Å². The van der Waals surface area contributed by atoms with Gasteiger partial charge in [-0.1, -0.05) is 28.1 Å². The molecular weight excluding hydrogens is 366 g/mol. The van der Waals surface area contributed by atoms with Gasteiger partial charge >= 0.3 is 0 Å². The van der Waals surface area contributed by atoms with Crippen molar-refractivity contribution in [2.75, 3.05) is 0 Å². The second-order valence-corrected chi connectivity index (χ2v) is 6.56. The normalized spacial score (nSPS) is 21.7. The van der Waals surface area contributed by atoms with Gasteiger partial charge in [-0.2, -0.15) is 0 Å². The summed E-state index contributed by atoms with van der Waals surface area (Å²) in [5, 5.41) is 5.42. The highest BCUT2D eigenvalue weighted by Gasteiger charge is 2.23. The first-order valence-corrected chi connectivity index (χ1v) is 8.52. The van der Waals surface area contributed by atoms with Crippen molar-refractivity contribution in [3.63, 3.8) is 0 Å². The van der Waals surface area contributed by atoms with Crippen LogP contribution in [0.5, 0.6) is 0 Å². The van der Waals surface area contributed by atoms with Crippen LogP contribution in [0.4, 0.5) is 0 Å². The number of aliphatic imine (C=N–C) groups is 1. The summed E-state index contributed by atoms with van der Waals surface area (Å²) in [5.74, 6) is 1.84. The number of halogens is 1. The van der Waals surface area contributed by atoms with E-state index in [4.69, 9.17) is 4.99 Å². The first-order chi connectivity index (χ1) is 11.8. The Kier molecular flexibility index (Phi) is 4.04. The highest BCUT2D eigenvalue weighted by molar-refractivity contribution is 9.11. The number of nitrogens with zero attached hydrogens (tertiary/aromatic N) is 3. The van der Waals surface area contributed by atoms with Crippen molar-refractivity contribution in [1.29, 1.82) is 0 Å². The largest absolute Gasteiger partial charge is 0.366 e. The molecule has 2 aliphatic heterocycles. The first kappa shape index (κ1) is 15.0. The number of amidine groups is 1. The molecule has 0 bridgehead atoms. The Bertz CT molecular complexity index is 830. The molecule has 0 unspecified atom stereocenters. The smallest absolute Gasteiger partial charge is 0.155 e. The molecule has 1 aromatic heterocycles. The Morgan fingerprint density at radius 3 is 2.92 bits per heavy atom. The number of hydrogen-bond acceptors (Lipinski definition) is 5. The zero-order valence-electron chi connectivity index (χ0n) is 12.9. The van der Waals surface area contributed by atoms with Gasteiger partial charge < -0.3 is 5.32 Å². The predicted octanol–water partition coefficient (Wildman–Crippen LogP) is 3.25. The molecule has 6 heteroatoms. The summed E-state index contributed by atoms with van der Waals surface area (Å²) in [4.78, 5) is 8.79. The van der Waals surface area contributed by atoms with E-state index in [-0.39, 0.29) is 0 Å². The van der Waals surface area contributed by atoms with Crippen LogP contribution >= 0.6 is 15.9 Å². The van der Waals surface area contributed by atoms with Gasteiger partial charge in [0, 0.05) is 42.9 Å². The fourth-order valence-corrected chi connectivity index (χ4v) is 3.10. The second kappa shape index (κ2) is 6.49. The molecule has 0 aromatic carbocycles. The highest BCUT2D eigenvalue weighted by atomic mass is 79.9. The summed E-state index contributed by atoms with van der Waals surface area (Å²) in [6.45, 7) is 0.720. The van der Waals surface area contributed by atoms with Gasteiger partial charge in [0.25, 0.3) is 0 Å². The number of hydrogen-bond donors (Lipinski definition) is 2. The molecule has 2 N–H and O–H groups in total. The van der Waals surface area contributed by atoms with Gasteiger partial charge in [-0.05, 0) is 34.7 Å². The zero-order chi connectivity index (χ0) is 16.4. The Balaban J connectivity index is 1.64. The predicted molar refractivity (Wildman–Crippen MR) is 98.5 cm³/mol. The van der Waals surface area contributed by atoms with Crippen molar-refractivity contribution < 1.29 is 0 Å². The zero-order valence-corrected chi connectivity index (χ0v) is 14.5. The molecule has 3 heterocycles. The van der Waals surface area contributed by atoms with Gasteiger partial charge in [0.15, 0.2) is 5.84 Å². The van der Waals surface area contributed by atoms with Gasteiger partial charge in [-0.3, -0.25) is 10.4 Å². The van der Waals surface area contributed by atoms with Crippen molar-refractivity contribution in [2.45, 2.75) is 13.0 Å². The summed E-state index contributed by atoms with van der Waals surface area (Å²) in [5.41, 5.74) is 6.41. The Morgan fingerprint density at radius 2 is 2.08 bits per heavy atom. The van der Waals surface area contributed by atoms with E-state index in [1.54, 1.807) is 12.4 Å². The van der Waals surface area contributed by atoms with Gasteiger partial charge in [0.2, 0.25) is 0 Å². The fourth-order valence-electron chi connectivity index (χ4n) is 2.66. The molecule has 0 atom stereocenters. The van der Waals surface area contributed by atoms with Gasteiger partial charge in [0.05, 0.1) is 5.70 Å². The molecule has 0 fully saturated rings. The van der Waals surface area contributed by atoms with Gasteiger partial charge in [-0.25, -0.2) is 10.0 Å². The minimum Gasteiger partial charge on any atom is -0.366 e. The SMILES string of the molecule is BrC1=C/C(=C2/C=C(NCc3ccncc3)N3NC=CC3=N2)C=CC1. The van der Waals surface area contributed by atoms with Crippen LogP contribution in [0.25, 0.3) is 0 Å². The van der Waals surface area contributed by atoms with E-state index < -0.39 is 0 Å². The maximum absolute atomic E-state index is 4.74. The standard InChI is InChI=1S/C18H16BrN5/c19-15-3-1-2-14(10-15)16-11-18(24-17(23-16)6-9-22-24)21-12-13-4-7-20-8-5-13/h1-2,4-11,21-22H,3,12H2/b16-14-. The third kappa shape index (κ3) is 3.05. The molecule has 0 amide bonds. The number of hydrazine groups is 1. The van der Waals surface area contributed by atoms with Crippen LogP contribution in [0.3, 0.4) is 0 Å². The fraction of sp³-hybridized carbons (Fsp3) is 0.111. The summed E-state index contributed by atoms with van der Waals surface area (Å²) >= 11 is 3.58. The summed E-state index contributed by atoms with van der Waals surface area (Å²) < 4.78 is 1.16. The summed E-state index contributed by atoms with van der Waals surface area (Å²) in [7, 11) is 0. The van der Waals surface area contributed by atoms with E-state index >= 15 is 0 Å². The quantitative estimate of drug-likeness (QED) is 0.843. The molecule has 0 saturated carbocycles. The average Bonchev–Trinajstić information content (AvgIpc) is 3.09. The molecule has 120 valence electrons. The molecule has 0 spiro atoms. The minimum atomic E-state index is 0.720. The van der Waals surface area contributed by atoms with Crippen molar-refractivity contribution in [3.05, 3.63) is 88.2 Å². The van der Waals surface area contributed by atoms with Crippen LogP contribution in [0.1, 0.15) is 12.0 Å². The maximum Gasteiger partial charge on any atom is 0.155 e. The third-order valence-electron chi connectivity index (χ3n) is 3.86. The summed E-state index contributed by atoms with van der Waals surface area (Å²) in [6.07, 6.45) is 16.8. The Labute approximate surface area is 149 Å². The minimum absolute atomic E-state index is 0.720. The first-order valence-electron chi connectivity index (χ1n) is 7.72. The molecule has 5 nitrogen and oxygen atoms in total. The lowest BCUT2D eigenvalue weighted by molar-refractivity contribution is 0.414. The monoisotopic (exact) mass is 381 g/mol. The molecule has 1 aliphatic carbocycles. The van der Waals surface area contributed by atoms with E-state index in [2.05, 4.69) is 56.0 Å². The third-order valence-corrected chi connectivity index (χ3v) is 4.41. The van der Waals surface area contributed by atoms with Crippen LogP contribution in [-0.2, 0) is 6.54 Å². The van der Waals surface area contributed by atoms with Gasteiger partial charge in [-0.15, -0.1) is 0 Å². The van der Waals surface area contributed by atoms with Crippen molar-refractivity contribution in [1.82, 2.24) is 20.7 Å². The molecule has 0 radical (unpaired) electrons. The molecule has 1 aromatic rings. The lowest BCUT2D eigenvalue weighted by Gasteiger charge is -2.27. The van der Waals surface area contributed by atoms with Crippen molar-refractivity contribution in [3.8, 4) is 0 Å².